The molecular weight excluding hydrogens is 170 g/mol. The Morgan fingerprint density at radius 1 is 1.31 bits per heavy atom. The first-order valence-electron chi connectivity index (χ1n) is 3.69. The number of nitrogens with one attached hydrogen (secondary N) is 2. The number of benzene rings is 1. The van der Waals surface area contributed by atoms with E-state index in [1.807, 2.05) is 18.2 Å². The molecule has 2 rings (SSSR count). The summed E-state index contributed by atoms with van der Waals surface area (Å²) in [5.41, 5.74) is -0.201. The van der Waals surface area contributed by atoms with Gasteiger partial charge in [-0.05, 0) is 12.1 Å². The molecule has 0 saturated heterocycles. The second kappa shape index (κ2) is 2.78. The van der Waals surface area contributed by atoms with Crippen molar-refractivity contribution in [3.8, 4) is 5.69 Å². The third kappa shape index (κ3) is 1.20. The molecule has 0 radical (unpaired) electrons. The summed E-state index contributed by atoms with van der Waals surface area (Å²) >= 11 is 0. The minimum atomic E-state index is -0.677. The summed E-state index contributed by atoms with van der Waals surface area (Å²) in [5, 5.41) is 9.67. The fraction of sp³-hybridized carbons (Fsp3) is 0. The molecule has 66 valence electrons. The Balaban J connectivity index is 2.67. The van der Waals surface area contributed by atoms with Gasteiger partial charge in [0.25, 0.3) is 0 Å². The van der Waals surface area contributed by atoms with Gasteiger partial charge < -0.3 is 4.52 Å². The summed E-state index contributed by atoms with van der Waals surface area (Å²) in [5.74, 6) is 0. The Morgan fingerprint density at radius 2 is 2.00 bits per heavy atom. The molecule has 0 unspecified atom stereocenters. The minimum absolute atomic E-state index is 0.216. The van der Waals surface area contributed by atoms with E-state index < -0.39 is 5.63 Å². The first-order chi connectivity index (χ1) is 6.29. The highest BCUT2D eigenvalue weighted by Gasteiger charge is 2.01. The Hall–Kier alpha value is -2.04. The third-order valence-corrected chi connectivity index (χ3v) is 1.66. The molecule has 0 atom stereocenters. The number of para-hydroxylation sites is 1. The van der Waals surface area contributed by atoms with Crippen molar-refractivity contribution in [2.75, 3.05) is 0 Å². The van der Waals surface area contributed by atoms with E-state index >= 15 is 0 Å². The minimum Gasteiger partial charge on any atom is -0.319 e. The molecule has 0 aliphatic carbocycles. The zero-order valence-corrected chi connectivity index (χ0v) is 6.65. The highest BCUT2D eigenvalue weighted by molar-refractivity contribution is 5.28. The smallest absolute Gasteiger partial charge is 0.319 e. The molecule has 5 nitrogen and oxygen atoms in total. The molecule has 0 amide bonds. The number of aromatic amines is 1. The fourth-order valence-electron chi connectivity index (χ4n) is 1.03. The van der Waals surface area contributed by atoms with Crippen molar-refractivity contribution in [1.82, 2.24) is 9.95 Å². The van der Waals surface area contributed by atoms with E-state index in [2.05, 4.69) is 9.79 Å². The summed E-state index contributed by atoms with van der Waals surface area (Å²) in [7, 11) is 0. The van der Waals surface area contributed by atoms with Crippen LogP contribution in [0.5, 0.6) is 0 Å². The zero-order valence-electron chi connectivity index (χ0n) is 6.65. The van der Waals surface area contributed by atoms with Gasteiger partial charge in [-0.2, -0.15) is 0 Å². The van der Waals surface area contributed by atoms with Gasteiger partial charge in [0.2, 0.25) is 5.49 Å². The number of hydrogen-bond acceptors (Lipinski definition) is 3. The van der Waals surface area contributed by atoms with Crippen LogP contribution in [0.25, 0.3) is 5.69 Å². The average molecular weight is 177 g/mol. The standard InChI is InChI=1S/C8H7N3O2/c9-7-8(12)13-10-11(7)6-4-2-1-3-5-6/h1-5,9-10H. The first-order valence-corrected chi connectivity index (χ1v) is 3.69. The van der Waals surface area contributed by atoms with Gasteiger partial charge in [0, 0.05) is 0 Å². The van der Waals surface area contributed by atoms with Crippen LogP contribution in [0.15, 0.2) is 39.6 Å². The first kappa shape index (κ1) is 7.60. The van der Waals surface area contributed by atoms with Crippen LogP contribution in [0.3, 0.4) is 0 Å². The van der Waals surface area contributed by atoms with Gasteiger partial charge in [0.1, 0.15) is 0 Å². The van der Waals surface area contributed by atoms with Crippen LogP contribution in [0.4, 0.5) is 0 Å². The lowest BCUT2D eigenvalue weighted by atomic mass is 10.3. The highest BCUT2D eigenvalue weighted by atomic mass is 16.5. The van der Waals surface area contributed by atoms with Crippen molar-refractivity contribution < 1.29 is 4.52 Å². The van der Waals surface area contributed by atoms with E-state index in [0.717, 1.165) is 0 Å². The van der Waals surface area contributed by atoms with Crippen molar-refractivity contribution >= 4 is 0 Å². The highest BCUT2D eigenvalue weighted by Crippen LogP contribution is 1.99. The topological polar surface area (TPSA) is 74.8 Å². The van der Waals surface area contributed by atoms with Crippen molar-refractivity contribution in [3.05, 3.63) is 46.2 Å². The monoisotopic (exact) mass is 177 g/mol. The van der Waals surface area contributed by atoms with Gasteiger partial charge in [-0.3, -0.25) is 5.41 Å². The van der Waals surface area contributed by atoms with Gasteiger partial charge in [0.05, 0.1) is 5.69 Å². The van der Waals surface area contributed by atoms with Gasteiger partial charge in [-0.1, -0.05) is 18.2 Å². The summed E-state index contributed by atoms with van der Waals surface area (Å²) in [4.78, 5) is 10.8. The second-order valence-corrected chi connectivity index (χ2v) is 2.50. The predicted octanol–water partition coefficient (Wildman–Crippen LogP) is 0.238. The fourth-order valence-corrected chi connectivity index (χ4v) is 1.03. The molecule has 2 N–H and O–H groups in total. The lowest BCUT2D eigenvalue weighted by Crippen LogP contribution is -2.26. The van der Waals surface area contributed by atoms with Crippen LogP contribution in [0.2, 0.25) is 0 Å². The molecular formula is C8H7N3O2. The lowest BCUT2D eigenvalue weighted by Gasteiger charge is -1.97. The quantitative estimate of drug-likeness (QED) is 0.654. The Morgan fingerprint density at radius 3 is 2.54 bits per heavy atom. The molecule has 0 aliphatic rings. The molecule has 0 saturated carbocycles. The van der Waals surface area contributed by atoms with E-state index in [0.29, 0.717) is 5.69 Å². The summed E-state index contributed by atoms with van der Waals surface area (Å²) in [6, 6.07) is 9.01. The van der Waals surface area contributed by atoms with Crippen LogP contribution in [0.1, 0.15) is 0 Å². The van der Waals surface area contributed by atoms with Gasteiger partial charge in [-0.15, -0.1) is 5.27 Å². The van der Waals surface area contributed by atoms with E-state index in [9.17, 15) is 4.79 Å². The SMILES string of the molecule is N=c1c(=O)o[nH]n1-c1ccccc1. The van der Waals surface area contributed by atoms with E-state index in [-0.39, 0.29) is 5.49 Å². The second-order valence-electron chi connectivity index (χ2n) is 2.50. The zero-order chi connectivity index (χ0) is 9.26. The maximum absolute atomic E-state index is 10.8. The summed E-state index contributed by atoms with van der Waals surface area (Å²) in [6.45, 7) is 0. The van der Waals surface area contributed by atoms with Crippen LogP contribution in [-0.2, 0) is 0 Å². The number of H-pyrrole nitrogens is 1. The van der Waals surface area contributed by atoms with Crippen molar-refractivity contribution in [2.24, 2.45) is 0 Å². The molecule has 0 spiro atoms. The van der Waals surface area contributed by atoms with Gasteiger partial charge >= 0.3 is 5.63 Å². The molecule has 5 heteroatoms. The molecule has 0 bridgehead atoms. The maximum atomic E-state index is 10.8. The predicted molar refractivity (Wildman–Crippen MR) is 44.5 cm³/mol. The average Bonchev–Trinajstić information content (AvgIpc) is 2.49. The number of aromatic nitrogens is 2. The number of rotatable bonds is 1. The van der Waals surface area contributed by atoms with Crippen LogP contribution >= 0.6 is 0 Å². The lowest BCUT2D eigenvalue weighted by molar-refractivity contribution is 0.353. The van der Waals surface area contributed by atoms with Crippen LogP contribution < -0.4 is 11.1 Å². The van der Waals surface area contributed by atoms with E-state index in [1.54, 1.807) is 12.1 Å². The maximum Gasteiger partial charge on any atom is 0.401 e. The molecule has 0 fully saturated rings. The number of nitrogens with zero attached hydrogens (tertiary/aromatic N) is 1. The van der Waals surface area contributed by atoms with Gasteiger partial charge in [-0.25, -0.2) is 9.48 Å². The normalized spacial score (nSPS) is 10.2. The number of hydrogen-bond donors (Lipinski definition) is 2. The molecule has 0 aliphatic heterocycles. The van der Waals surface area contributed by atoms with E-state index in [4.69, 9.17) is 5.41 Å². The third-order valence-electron chi connectivity index (χ3n) is 1.66. The van der Waals surface area contributed by atoms with Crippen molar-refractivity contribution in [3.63, 3.8) is 0 Å². The molecule has 1 aromatic heterocycles. The Labute approximate surface area is 72.7 Å². The van der Waals surface area contributed by atoms with Crippen LogP contribution in [-0.4, -0.2) is 9.95 Å². The molecule has 13 heavy (non-hydrogen) atoms. The summed E-state index contributed by atoms with van der Waals surface area (Å²) in [6.07, 6.45) is 0. The van der Waals surface area contributed by atoms with Gasteiger partial charge in [0.15, 0.2) is 0 Å². The molecule has 1 heterocycles. The summed E-state index contributed by atoms with van der Waals surface area (Å²) < 4.78 is 5.71. The van der Waals surface area contributed by atoms with Crippen molar-refractivity contribution in [2.45, 2.75) is 0 Å². The largest absolute Gasteiger partial charge is 0.401 e. The molecule has 1 aromatic carbocycles. The Bertz CT molecular complexity index is 506. The van der Waals surface area contributed by atoms with Crippen molar-refractivity contribution in [1.29, 1.82) is 5.41 Å². The Kier molecular flexibility index (Phi) is 1.63. The van der Waals surface area contributed by atoms with Crippen LogP contribution in [0, 0.1) is 5.41 Å². The van der Waals surface area contributed by atoms with E-state index in [1.165, 1.54) is 4.68 Å². The molecule has 2 aromatic rings.